The molecule has 6 rings (SSSR count). The largest absolute Gasteiger partial charge is 0.493 e. The van der Waals surface area contributed by atoms with Crippen LogP contribution in [0.5, 0.6) is 17.2 Å². The summed E-state index contributed by atoms with van der Waals surface area (Å²) in [5.74, 6) is 0.953. The summed E-state index contributed by atoms with van der Waals surface area (Å²) in [4.78, 5) is 43.8. The van der Waals surface area contributed by atoms with E-state index >= 15 is 0 Å². The molecule has 252 valence electrons. The van der Waals surface area contributed by atoms with Gasteiger partial charge in [0.25, 0.3) is 0 Å². The fraction of sp³-hybridized carbons (Fsp3) is 0.395. The number of hydrogen-bond donors (Lipinski definition) is 4. The number of para-hydroxylation sites is 1. The number of hydrogen-bond acceptors (Lipinski definition) is 7. The molecule has 4 aromatic rings. The van der Waals surface area contributed by atoms with E-state index in [1.54, 1.807) is 33.5 Å². The Balaban J connectivity index is 1.38. The van der Waals surface area contributed by atoms with E-state index in [2.05, 4.69) is 33.1 Å². The Morgan fingerprint density at radius 3 is 2.38 bits per heavy atom. The Bertz CT molecular complexity index is 1930. The van der Waals surface area contributed by atoms with Crippen LogP contribution in [0.3, 0.4) is 0 Å². The molecule has 3 atom stereocenters. The second-order valence-electron chi connectivity index (χ2n) is 13.0. The third-order valence-corrected chi connectivity index (χ3v) is 9.61. The van der Waals surface area contributed by atoms with E-state index in [1.807, 2.05) is 38.1 Å². The lowest BCUT2D eigenvalue weighted by molar-refractivity contribution is -0.123. The molecule has 0 fully saturated rings. The number of anilines is 1. The Morgan fingerprint density at radius 1 is 0.896 bits per heavy atom. The maximum absolute atomic E-state index is 14.0. The molecule has 0 saturated carbocycles. The number of carbonyl (C=O) groups is 2. The maximum Gasteiger partial charge on any atom is 0.243 e. The molecule has 2 amide bonds. The van der Waals surface area contributed by atoms with Gasteiger partial charge in [-0.05, 0) is 84.5 Å². The van der Waals surface area contributed by atoms with Crippen molar-refractivity contribution in [2.24, 2.45) is 5.92 Å². The van der Waals surface area contributed by atoms with E-state index in [0.29, 0.717) is 35.7 Å². The SMILES string of the molecule is COc1cc2c(c(OC)c1OC)-c1ccc(N[C@@H](C(=O)NC3CCCc4c3[nH]c3ccccc43)C(C)C)c(=O)cc1[C@H](NC(C)=O)CC2. The summed E-state index contributed by atoms with van der Waals surface area (Å²) < 4.78 is 17.2. The van der Waals surface area contributed by atoms with Crippen molar-refractivity contribution >= 4 is 28.4 Å². The molecule has 0 bridgehead atoms. The average molecular weight is 653 g/mol. The van der Waals surface area contributed by atoms with E-state index in [-0.39, 0.29) is 34.9 Å². The van der Waals surface area contributed by atoms with Crippen LogP contribution in [0, 0.1) is 5.92 Å². The summed E-state index contributed by atoms with van der Waals surface area (Å²) in [5.41, 5.74) is 6.48. The summed E-state index contributed by atoms with van der Waals surface area (Å²) >= 11 is 0. The highest BCUT2D eigenvalue weighted by atomic mass is 16.5. The Kier molecular flexibility index (Phi) is 9.35. The molecule has 1 heterocycles. The van der Waals surface area contributed by atoms with Crippen molar-refractivity contribution < 1.29 is 23.8 Å². The van der Waals surface area contributed by atoms with Crippen LogP contribution in [0.15, 0.2) is 53.3 Å². The number of fused-ring (bicyclic) bond motifs is 6. The topological polar surface area (TPSA) is 131 Å². The fourth-order valence-electron chi connectivity index (χ4n) is 7.35. The highest BCUT2D eigenvalue weighted by molar-refractivity contribution is 5.88. The lowest BCUT2D eigenvalue weighted by atomic mass is 9.91. The first kappa shape index (κ1) is 32.9. The number of aromatic amines is 1. The first-order valence-corrected chi connectivity index (χ1v) is 16.6. The zero-order chi connectivity index (χ0) is 34.1. The van der Waals surface area contributed by atoms with Crippen LogP contribution >= 0.6 is 0 Å². The molecule has 3 aromatic carbocycles. The predicted octanol–water partition coefficient (Wildman–Crippen LogP) is 5.97. The van der Waals surface area contributed by atoms with Gasteiger partial charge in [0.05, 0.1) is 39.1 Å². The summed E-state index contributed by atoms with van der Waals surface area (Å²) in [6.07, 6.45) is 3.92. The number of aryl methyl sites for hydroxylation is 2. The number of methoxy groups -OCH3 is 3. The number of ether oxygens (including phenoxy) is 3. The van der Waals surface area contributed by atoms with E-state index in [1.165, 1.54) is 17.9 Å². The highest BCUT2D eigenvalue weighted by Gasteiger charge is 2.32. The van der Waals surface area contributed by atoms with Crippen LogP contribution in [0.25, 0.3) is 22.0 Å². The van der Waals surface area contributed by atoms with Crippen molar-refractivity contribution in [3.8, 4) is 28.4 Å². The van der Waals surface area contributed by atoms with Crippen LogP contribution in [0.4, 0.5) is 5.69 Å². The molecule has 2 aliphatic rings. The van der Waals surface area contributed by atoms with Gasteiger partial charge in [0, 0.05) is 29.1 Å². The van der Waals surface area contributed by atoms with Crippen LogP contribution in [-0.2, 0) is 22.4 Å². The average Bonchev–Trinajstić information content (AvgIpc) is 3.30. The second-order valence-corrected chi connectivity index (χ2v) is 13.0. The quantitative estimate of drug-likeness (QED) is 0.175. The third-order valence-electron chi connectivity index (χ3n) is 9.61. The van der Waals surface area contributed by atoms with Gasteiger partial charge in [0.15, 0.2) is 11.5 Å². The van der Waals surface area contributed by atoms with Crippen molar-refractivity contribution in [1.29, 1.82) is 0 Å². The van der Waals surface area contributed by atoms with Gasteiger partial charge < -0.3 is 35.1 Å². The van der Waals surface area contributed by atoms with Gasteiger partial charge >= 0.3 is 0 Å². The molecule has 0 aliphatic heterocycles. The number of amides is 2. The van der Waals surface area contributed by atoms with Gasteiger partial charge in [0.1, 0.15) is 6.04 Å². The third kappa shape index (κ3) is 6.07. The fourth-order valence-corrected chi connectivity index (χ4v) is 7.35. The van der Waals surface area contributed by atoms with E-state index < -0.39 is 12.1 Å². The zero-order valence-corrected chi connectivity index (χ0v) is 28.4. The Morgan fingerprint density at radius 2 is 1.67 bits per heavy atom. The molecule has 48 heavy (non-hydrogen) atoms. The first-order valence-electron chi connectivity index (χ1n) is 16.6. The molecule has 2 aliphatic carbocycles. The maximum atomic E-state index is 14.0. The van der Waals surface area contributed by atoms with Crippen LogP contribution in [0.2, 0.25) is 0 Å². The molecule has 0 saturated heterocycles. The molecule has 1 unspecified atom stereocenters. The number of rotatable bonds is 9. The lowest BCUT2D eigenvalue weighted by Crippen LogP contribution is -2.45. The summed E-state index contributed by atoms with van der Waals surface area (Å²) in [6.45, 7) is 5.39. The minimum absolute atomic E-state index is 0.122. The number of aromatic nitrogens is 1. The molecule has 4 N–H and O–H groups in total. The zero-order valence-electron chi connectivity index (χ0n) is 28.4. The summed E-state index contributed by atoms with van der Waals surface area (Å²) in [5, 5.41) is 10.8. The first-order chi connectivity index (χ1) is 23.1. The smallest absolute Gasteiger partial charge is 0.243 e. The molecule has 10 nitrogen and oxygen atoms in total. The van der Waals surface area contributed by atoms with Crippen molar-refractivity contribution in [3.63, 3.8) is 0 Å². The predicted molar refractivity (Wildman–Crippen MR) is 187 cm³/mol. The second kappa shape index (κ2) is 13.6. The molecule has 1 aromatic heterocycles. The monoisotopic (exact) mass is 652 g/mol. The van der Waals surface area contributed by atoms with Crippen molar-refractivity contribution in [2.75, 3.05) is 26.6 Å². The van der Waals surface area contributed by atoms with E-state index in [9.17, 15) is 14.4 Å². The molecular formula is C38H44N4O6. The molecule has 0 radical (unpaired) electrons. The van der Waals surface area contributed by atoms with Gasteiger partial charge in [-0.25, -0.2) is 0 Å². The highest BCUT2D eigenvalue weighted by Crippen LogP contribution is 2.50. The molecular weight excluding hydrogens is 608 g/mol. The van der Waals surface area contributed by atoms with Crippen molar-refractivity contribution in [1.82, 2.24) is 15.6 Å². The van der Waals surface area contributed by atoms with Crippen molar-refractivity contribution in [3.05, 3.63) is 81.1 Å². The minimum atomic E-state index is -0.674. The summed E-state index contributed by atoms with van der Waals surface area (Å²) in [7, 11) is 4.70. The lowest BCUT2D eigenvalue weighted by Gasteiger charge is -2.28. The van der Waals surface area contributed by atoms with Crippen LogP contribution in [-0.4, -0.2) is 44.2 Å². The standard InChI is InChI=1S/C38H44N4O6/c1-20(2)34(38(45)42-30-13-9-11-25-23-10-7-8-12-27(23)40-35(25)30)41-29-17-15-24-26(19-31(29)44)28(39-21(3)43)16-14-22-18-32(46-4)36(47-5)37(48-6)33(22)24/h7-8,10,12,15,17-20,28,30,34,40H,9,11,13-14,16H2,1-6H3,(H,39,43)(H,41,44)(H,42,45)/t28-,30?,34-/m1/s1. The van der Waals surface area contributed by atoms with Gasteiger partial charge in [-0.15, -0.1) is 0 Å². The van der Waals surface area contributed by atoms with Gasteiger partial charge in [-0.2, -0.15) is 0 Å². The summed E-state index contributed by atoms with van der Waals surface area (Å²) in [6, 6.07) is 14.0. The Hall–Kier alpha value is -4.99. The van der Waals surface area contributed by atoms with Gasteiger partial charge in [-0.1, -0.05) is 38.1 Å². The normalized spacial score (nSPS) is 17.3. The van der Waals surface area contributed by atoms with Gasteiger partial charge in [-0.3, -0.25) is 14.4 Å². The molecule has 0 spiro atoms. The van der Waals surface area contributed by atoms with Crippen molar-refractivity contribution in [2.45, 2.75) is 71.0 Å². The number of H-pyrrole nitrogens is 1. The van der Waals surface area contributed by atoms with Crippen LogP contribution in [0.1, 0.15) is 74.5 Å². The minimum Gasteiger partial charge on any atom is -0.493 e. The Labute approximate surface area is 280 Å². The molecule has 10 heteroatoms. The number of nitrogens with one attached hydrogen (secondary N) is 4. The van der Waals surface area contributed by atoms with Crippen LogP contribution < -0.4 is 35.6 Å². The number of benzene rings is 2. The number of carbonyl (C=O) groups excluding carboxylic acids is 2. The van der Waals surface area contributed by atoms with Gasteiger partial charge in [0.2, 0.25) is 23.0 Å². The van der Waals surface area contributed by atoms with E-state index in [0.717, 1.165) is 47.2 Å². The van der Waals surface area contributed by atoms with E-state index in [4.69, 9.17) is 14.2 Å².